The Morgan fingerprint density at radius 2 is 1.65 bits per heavy atom. The van der Waals surface area contributed by atoms with E-state index in [4.69, 9.17) is 0 Å². The Hall–Kier alpha value is -1.03. The van der Waals surface area contributed by atoms with E-state index in [-0.39, 0.29) is 10.8 Å². The molecule has 0 fully saturated rings. The van der Waals surface area contributed by atoms with E-state index >= 15 is 0 Å². The van der Waals surface area contributed by atoms with Gasteiger partial charge in [0.25, 0.3) is 0 Å². The van der Waals surface area contributed by atoms with Crippen LogP contribution in [-0.2, 0) is 10.8 Å². The summed E-state index contributed by atoms with van der Waals surface area (Å²) in [5.74, 6) is 0. The van der Waals surface area contributed by atoms with Gasteiger partial charge in [-0.1, -0.05) is 46.0 Å². The van der Waals surface area contributed by atoms with Crippen LogP contribution in [0.2, 0.25) is 0 Å². The van der Waals surface area contributed by atoms with Gasteiger partial charge in [-0.3, -0.25) is 4.98 Å². The average molecular weight is 249 g/mol. The first-order chi connectivity index (χ1) is 7.71. The zero-order chi connectivity index (χ0) is 12.8. The van der Waals surface area contributed by atoms with Gasteiger partial charge in [-0.2, -0.15) is 0 Å². The lowest BCUT2D eigenvalue weighted by Crippen LogP contribution is -2.17. The lowest BCUT2D eigenvalue weighted by atomic mass is 9.85. The molecule has 0 aliphatic heterocycles. The van der Waals surface area contributed by atoms with E-state index in [1.807, 2.05) is 6.20 Å². The summed E-state index contributed by atoms with van der Waals surface area (Å²) in [5, 5.41) is 4.29. The van der Waals surface area contributed by atoms with Crippen molar-refractivity contribution in [3.8, 4) is 0 Å². The maximum atomic E-state index is 4.65. The molecule has 0 saturated carbocycles. The molecule has 0 radical (unpaired) electrons. The molecule has 0 amide bonds. The first-order valence-electron chi connectivity index (χ1n) is 5.83. The van der Waals surface area contributed by atoms with Crippen molar-refractivity contribution in [3.05, 3.63) is 17.5 Å². The van der Waals surface area contributed by atoms with E-state index in [1.54, 1.807) is 0 Å². The van der Waals surface area contributed by atoms with Gasteiger partial charge in [0.1, 0.15) is 5.52 Å². The van der Waals surface area contributed by atoms with Gasteiger partial charge in [-0.25, -0.2) is 0 Å². The number of fused-ring (bicyclic) bond motifs is 1. The van der Waals surface area contributed by atoms with Gasteiger partial charge in [0, 0.05) is 17.2 Å². The minimum absolute atomic E-state index is 0.0306. The molecule has 17 heavy (non-hydrogen) atoms. The van der Waals surface area contributed by atoms with Gasteiger partial charge >= 0.3 is 0 Å². The lowest BCUT2D eigenvalue weighted by Gasteiger charge is -2.22. The third-order valence-electron chi connectivity index (χ3n) is 2.80. The van der Waals surface area contributed by atoms with Crippen LogP contribution in [0.15, 0.2) is 6.20 Å². The number of rotatable bonds is 0. The lowest BCUT2D eigenvalue weighted by molar-refractivity contribution is 0.566. The summed E-state index contributed by atoms with van der Waals surface area (Å²) in [5.41, 5.74) is 3.37. The molecular formula is C13H19N3S. The van der Waals surface area contributed by atoms with E-state index < -0.39 is 0 Å². The number of aromatic nitrogens is 3. The van der Waals surface area contributed by atoms with Crippen LogP contribution < -0.4 is 0 Å². The van der Waals surface area contributed by atoms with Gasteiger partial charge in [0.2, 0.25) is 0 Å². The largest absolute Gasteiger partial charge is 0.259 e. The van der Waals surface area contributed by atoms with Gasteiger partial charge in [0.05, 0.1) is 10.4 Å². The van der Waals surface area contributed by atoms with Crippen LogP contribution >= 0.6 is 11.5 Å². The Labute approximate surface area is 106 Å². The van der Waals surface area contributed by atoms with Crippen molar-refractivity contribution in [2.75, 3.05) is 0 Å². The molecule has 0 aliphatic rings. The normalized spacial score (nSPS) is 13.3. The zero-order valence-corrected chi connectivity index (χ0v) is 12.1. The highest BCUT2D eigenvalue weighted by atomic mass is 32.1. The molecule has 3 nitrogen and oxygen atoms in total. The third kappa shape index (κ3) is 2.18. The summed E-state index contributed by atoms with van der Waals surface area (Å²) >= 11 is 1.45. The average Bonchev–Trinajstić information content (AvgIpc) is 2.60. The van der Waals surface area contributed by atoms with Crippen molar-refractivity contribution >= 4 is 21.7 Å². The van der Waals surface area contributed by atoms with E-state index in [9.17, 15) is 0 Å². The number of nitrogens with zero attached hydrogens (tertiary/aromatic N) is 3. The number of hydrogen-bond donors (Lipinski definition) is 0. The molecule has 92 valence electrons. The fourth-order valence-corrected chi connectivity index (χ4v) is 2.74. The third-order valence-corrected chi connectivity index (χ3v) is 3.53. The van der Waals surface area contributed by atoms with Crippen LogP contribution in [0.25, 0.3) is 10.2 Å². The predicted octanol–water partition coefficient (Wildman–Crippen LogP) is 3.68. The van der Waals surface area contributed by atoms with Gasteiger partial charge < -0.3 is 0 Å². The van der Waals surface area contributed by atoms with Crippen molar-refractivity contribution in [1.82, 2.24) is 14.6 Å². The standard InChI is InChI=1S/C13H19N3S/c1-12(2,3)8-7-14-11(13(4,5)6)10-9(8)15-16-17-10/h7H,1-6H3. The molecule has 0 aromatic carbocycles. The minimum Gasteiger partial charge on any atom is -0.259 e. The molecule has 4 heteroatoms. The Balaban J connectivity index is 2.76. The summed E-state index contributed by atoms with van der Waals surface area (Å²) in [6.45, 7) is 13.1. The van der Waals surface area contributed by atoms with Crippen LogP contribution in [0.4, 0.5) is 0 Å². The second-order valence-corrected chi connectivity index (χ2v) is 7.23. The van der Waals surface area contributed by atoms with Crippen molar-refractivity contribution < 1.29 is 0 Å². The molecule has 0 aliphatic carbocycles. The molecule has 0 atom stereocenters. The fourth-order valence-electron chi connectivity index (χ4n) is 1.85. The van der Waals surface area contributed by atoms with E-state index in [2.05, 4.69) is 56.1 Å². The highest BCUT2D eigenvalue weighted by molar-refractivity contribution is 7.13. The number of pyridine rings is 1. The predicted molar refractivity (Wildman–Crippen MR) is 72.6 cm³/mol. The Kier molecular flexibility index (Phi) is 2.73. The maximum absolute atomic E-state index is 4.65. The molecule has 0 saturated heterocycles. The summed E-state index contributed by atoms with van der Waals surface area (Å²) in [6.07, 6.45) is 1.96. The molecule has 0 N–H and O–H groups in total. The van der Waals surface area contributed by atoms with Crippen LogP contribution in [-0.4, -0.2) is 14.6 Å². The molecule has 2 aromatic heterocycles. The second-order valence-electron chi connectivity index (χ2n) is 6.47. The molecular weight excluding hydrogens is 230 g/mol. The maximum Gasteiger partial charge on any atom is 0.113 e. The second kappa shape index (κ2) is 3.73. The summed E-state index contributed by atoms with van der Waals surface area (Å²) in [7, 11) is 0. The van der Waals surface area contributed by atoms with Crippen LogP contribution in [0.1, 0.15) is 52.8 Å². The van der Waals surface area contributed by atoms with E-state index in [0.29, 0.717) is 0 Å². The van der Waals surface area contributed by atoms with Crippen molar-refractivity contribution in [3.63, 3.8) is 0 Å². The highest BCUT2D eigenvalue weighted by Gasteiger charge is 2.25. The highest BCUT2D eigenvalue weighted by Crippen LogP contribution is 2.35. The van der Waals surface area contributed by atoms with Crippen LogP contribution in [0.3, 0.4) is 0 Å². The molecule has 0 bridgehead atoms. The molecule has 2 aromatic rings. The molecule has 0 spiro atoms. The first-order valence-corrected chi connectivity index (χ1v) is 6.60. The number of hydrogen-bond acceptors (Lipinski definition) is 4. The monoisotopic (exact) mass is 249 g/mol. The van der Waals surface area contributed by atoms with Crippen LogP contribution in [0.5, 0.6) is 0 Å². The Morgan fingerprint density at radius 3 is 2.18 bits per heavy atom. The summed E-state index contributed by atoms with van der Waals surface area (Å²) < 4.78 is 5.23. The summed E-state index contributed by atoms with van der Waals surface area (Å²) in [4.78, 5) is 4.65. The van der Waals surface area contributed by atoms with E-state index in [1.165, 1.54) is 17.1 Å². The fraction of sp³-hybridized carbons (Fsp3) is 0.615. The summed E-state index contributed by atoms with van der Waals surface area (Å²) in [6, 6.07) is 0. The van der Waals surface area contributed by atoms with E-state index in [0.717, 1.165) is 15.9 Å². The van der Waals surface area contributed by atoms with Gasteiger partial charge in [-0.15, -0.1) is 5.10 Å². The zero-order valence-electron chi connectivity index (χ0n) is 11.3. The minimum atomic E-state index is 0.0306. The SMILES string of the molecule is CC(C)(C)c1cnc(C(C)(C)C)c2snnc12. The Morgan fingerprint density at radius 1 is 1.00 bits per heavy atom. The molecule has 2 heterocycles. The first kappa shape index (κ1) is 12.4. The molecule has 2 rings (SSSR count). The quantitative estimate of drug-likeness (QED) is 0.715. The van der Waals surface area contributed by atoms with Crippen molar-refractivity contribution in [2.45, 2.75) is 52.4 Å². The van der Waals surface area contributed by atoms with Crippen LogP contribution in [0, 0.1) is 0 Å². The van der Waals surface area contributed by atoms with Gasteiger partial charge in [-0.05, 0) is 16.9 Å². The topological polar surface area (TPSA) is 38.7 Å². The molecule has 0 unspecified atom stereocenters. The smallest absolute Gasteiger partial charge is 0.113 e. The van der Waals surface area contributed by atoms with Gasteiger partial charge in [0.15, 0.2) is 0 Å². The van der Waals surface area contributed by atoms with Crippen molar-refractivity contribution in [1.29, 1.82) is 0 Å². The Bertz CT molecular complexity index is 496. The van der Waals surface area contributed by atoms with Crippen molar-refractivity contribution in [2.24, 2.45) is 0 Å².